The zero-order valence-electron chi connectivity index (χ0n) is 18.9. The Hall–Kier alpha value is -3.88. The van der Waals surface area contributed by atoms with E-state index in [0.717, 1.165) is 36.2 Å². The monoisotopic (exact) mass is 462 g/mol. The Bertz CT molecular complexity index is 1270. The van der Waals surface area contributed by atoms with Gasteiger partial charge in [-0.15, -0.1) is 0 Å². The van der Waals surface area contributed by atoms with E-state index in [-0.39, 0.29) is 23.5 Å². The molecular weight excluding hydrogens is 435 g/mol. The predicted octanol–water partition coefficient (Wildman–Crippen LogP) is 4.06. The van der Waals surface area contributed by atoms with Crippen LogP contribution in [-0.2, 0) is 19.5 Å². The van der Waals surface area contributed by atoms with E-state index >= 15 is 0 Å². The topological polar surface area (TPSA) is 131 Å². The molecule has 2 amide bonds. The zero-order valence-corrected chi connectivity index (χ0v) is 18.9. The largest absolute Gasteiger partial charge is 0.505 e. The number of aromatic nitrogens is 2. The summed E-state index contributed by atoms with van der Waals surface area (Å²) in [7, 11) is 0. The minimum absolute atomic E-state index is 0.0790. The molecule has 0 spiro atoms. The first-order valence-electron chi connectivity index (χ1n) is 11.5. The molecule has 1 fully saturated rings. The van der Waals surface area contributed by atoms with Crippen LogP contribution in [0.4, 0.5) is 14.9 Å². The number of carbonyl (C=O) groups is 1. The van der Waals surface area contributed by atoms with Gasteiger partial charge in [-0.1, -0.05) is 19.1 Å². The van der Waals surface area contributed by atoms with Crippen molar-refractivity contribution in [1.82, 2.24) is 20.2 Å². The molecule has 1 aromatic heterocycles. The number of phenols is 1. The number of H-pyrrole nitrogens is 1. The van der Waals surface area contributed by atoms with Crippen LogP contribution in [0.3, 0.4) is 0 Å². The van der Waals surface area contributed by atoms with Crippen molar-refractivity contribution in [1.29, 1.82) is 5.41 Å². The van der Waals surface area contributed by atoms with Crippen molar-refractivity contribution in [3.05, 3.63) is 64.5 Å². The standard InChI is InChI=1S/C25H27FN6O2/c1-2-13-9-22(33)18(26)10-17(13)14-6-7-16(19(27)8-14)23(28)24-30-20-11-32(12-21(20)31-24)25(34)29-15-4-3-5-15/h6-10,15,28,33H,2-5,11-12,27H2,1H3,(H,29,34)(H,30,31). The molecule has 0 saturated heterocycles. The number of aryl methyl sites for hydroxylation is 1. The van der Waals surface area contributed by atoms with E-state index in [1.165, 1.54) is 12.1 Å². The maximum Gasteiger partial charge on any atom is 0.318 e. The number of fused-ring (bicyclic) bond motifs is 1. The van der Waals surface area contributed by atoms with E-state index < -0.39 is 5.82 Å². The number of anilines is 1. The van der Waals surface area contributed by atoms with Crippen molar-refractivity contribution >= 4 is 17.4 Å². The number of urea groups is 1. The van der Waals surface area contributed by atoms with Gasteiger partial charge in [0, 0.05) is 17.3 Å². The van der Waals surface area contributed by atoms with Gasteiger partial charge in [-0.05, 0) is 60.6 Å². The number of amides is 2. The molecule has 176 valence electrons. The number of imidazole rings is 1. The number of halogens is 1. The highest BCUT2D eigenvalue weighted by molar-refractivity contribution is 6.12. The van der Waals surface area contributed by atoms with Crippen molar-refractivity contribution < 1.29 is 14.3 Å². The summed E-state index contributed by atoms with van der Waals surface area (Å²) in [6, 6.07) is 8.15. The lowest BCUT2D eigenvalue weighted by molar-refractivity contribution is 0.186. The first-order valence-corrected chi connectivity index (χ1v) is 11.5. The SMILES string of the molecule is CCc1cc(O)c(F)cc1-c1ccc(C(=N)c2nc3c([nH]2)CN(C(=O)NC2CCC2)C3)c(N)c1. The first-order chi connectivity index (χ1) is 16.3. The summed E-state index contributed by atoms with van der Waals surface area (Å²) in [6.07, 6.45) is 3.85. The van der Waals surface area contributed by atoms with Gasteiger partial charge in [0.15, 0.2) is 17.4 Å². The fourth-order valence-electron chi connectivity index (χ4n) is 4.47. The van der Waals surface area contributed by atoms with Crippen LogP contribution >= 0.6 is 0 Å². The molecule has 0 unspecified atom stereocenters. The molecule has 34 heavy (non-hydrogen) atoms. The number of aromatic hydroxyl groups is 1. The lowest BCUT2D eigenvalue weighted by atomic mass is 9.93. The number of nitrogens with zero attached hydrogens (tertiary/aromatic N) is 2. The van der Waals surface area contributed by atoms with Gasteiger partial charge in [-0.3, -0.25) is 5.41 Å². The van der Waals surface area contributed by atoms with Crippen molar-refractivity contribution in [2.45, 2.75) is 51.7 Å². The third-order valence-electron chi connectivity index (χ3n) is 6.70. The van der Waals surface area contributed by atoms with E-state index in [1.54, 1.807) is 23.1 Å². The minimum atomic E-state index is -0.692. The molecule has 5 rings (SSSR count). The highest BCUT2D eigenvalue weighted by atomic mass is 19.1. The van der Waals surface area contributed by atoms with Gasteiger partial charge in [-0.2, -0.15) is 0 Å². The second-order valence-corrected chi connectivity index (χ2v) is 8.94. The molecule has 6 N–H and O–H groups in total. The summed E-state index contributed by atoms with van der Waals surface area (Å²) in [5, 5.41) is 21.4. The number of nitrogens with two attached hydrogens (primary N) is 1. The molecule has 8 nitrogen and oxygen atoms in total. The maximum absolute atomic E-state index is 14.0. The van der Waals surface area contributed by atoms with Crippen molar-refractivity contribution in [3.63, 3.8) is 0 Å². The molecule has 0 atom stereocenters. The summed E-state index contributed by atoms with van der Waals surface area (Å²) in [5.74, 6) is -0.673. The summed E-state index contributed by atoms with van der Waals surface area (Å²) >= 11 is 0. The normalized spacial score (nSPS) is 15.2. The Morgan fingerprint density at radius 1 is 1.32 bits per heavy atom. The van der Waals surface area contributed by atoms with Crippen LogP contribution in [0.2, 0.25) is 0 Å². The Morgan fingerprint density at radius 2 is 2.12 bits per heavy atom. The quantitative estimate of drug-likeness (QED) is 0.289. The number of nitrogen functional groups attached to an aromatic ring is 1. The van der Waals surface area contributed by atoms with Crippen molar-refractivity contribution in [2.24, 2.45) is 0 Å². The smallest absolute Gasteiger partial charge is 0.318 e. The van der Waals surface area contributed by atoms with E-state index in [1.807, 2.05) is 6.92 Å². The third-order valence-corrected chi connectivity index (χ3v) is 6.70. The molecule has 2 aromatic carbocycles. The van der Waals surface area contributed by atoms with Crippen molar-refractivity contribution in [3.8, 4) is 16.9 Å². The Balaban J connectivity index is 1.33. The molecule has 1 saturated carbocycles. The molecule has 1 aliphatic carbocycles. The molecule has 2 heterocycles. The summed E-state index contributed by atoms with van der Waals surface area (Å²) < 4.78 is 14.0. The number of phenolic OH excluding ortho intramolecular Hbond substituents is 1. The van der Waals surface area contributed by atoms with Gasteiger partial charge in [0.1, 0.15) is 5.71 Å². The van der Waals surface area contributed by atoms with Gasteiger partial charge in [0.05, 0.1) is 24.5 Å². The lowest BCUT2D eigenvalue weighted by Crippen LogP contribution is -2.45. The van der Waals surface area contributed by atoms with Gasteiger partial charge in [-0.25, -0.2) is 14.2 Å². The summed E-state index contributed by atoms with van der Waals surface area (Å²) in [6.45, 7) is 2.75. The first kappa shape index (κ1) is 21.9. The van der Waals surface area contributed by atoms with Crippen LogP contribution < -0.4 is 11.1 Å². The summed E-state index contributed by atoms with van der Waals surface area (Å²) in [4.78, 5) is 21.8. The number of benzene rings is 2. The predicted molar refractivity (Wildman–Crippen MR) is 127 cm³/mol. The van der Waals surface area contributed by atoms with Crippen LogP contribution in [0.25, 0.3) is 11.1 Å². The number of hydrogen-bond donors (Lipinski definition) is 5. The average Bonchev–Trinajstić information content (AvgIpc) is 3.37. The number of hydrogen-bond acceptors (Lipinski definition) is 5. The Kier molecular flexibility index (Phi) is 5.47. The molecule has 3 aromatic rings. The van der Waals surface area contributed by atoms with Gasteiger partial charge < -0.3 is 26.0 Å². The van der Waals surface area contributed by atoms with E-state index in [2.05, 4.69) is 15.3 Å². The second-order valence-electron chi connectivity index (χ2n) is 8.94. The highest BCUT2D eigenvalue weighted by Crippen LogP contribution is 2.32. The zero-order chi connectivity index (χ0) is 24.0. The number of carbonyl (C=O) groups excluding carboxylic acids is 1. The van der Waals surface area contributed by atoms with Crippen LogP contribution in [-0.4, -0.2) is 37.8 Å². The lowest BCUT2D eigenvalue weighted by Gasteiger charge is -2.28. The van der Waals surface area contributed by atoms with Crippen LogP contribution in [0.15, 0.2) is 30.3 Å². The highest BCUT2D eigenvalue weighted by Gasteiger charge is 2.30. The fourth-order valence-corrected chi connectivity index (χ4v) is 4.47. The van der Waals surface area contributed by atoms with Gasteiger partial charge in [0.25, 0.3) is 0 Å². The maximum atomic E-state index is 14.0. The van der Waals surface area contributed by atoms with Crippen LogP contribution in [0.1, 0.15) is 54.5 Å². The van der Waals surface area contributed by atoms with Crippen LogP contribution in [0.5, 0.6) is 5.75 Å². The molecule has 0 bridgehead atoms. The second kappa shape index (κ2) is 8.48. The third kappa shape index (κ3) is 3.87. The molecule has 1 aliphatic heterocycles. The number of rotatable bonds is 5. The van der Waals surface area contributed by atoms with Gasteiger partial charge >= 0.3 is 6.03 Å². The fraction of sp³-hybridized carbons (Fsp3) is 0.320. The number of nitrogens with one attached hydrogen (secondary N) is 3. The summed E-state index contributed by atoms with van der Waals surface area (Å²) in [5.41, 5.74) is 11.1. The molecule has 9 heteroatoms. The van der Waals surface area contributed by atoms with E-state index in [9.17, 15) is 14.3 Å². The number of aromatic amines is 1. The molecule has 0 radical (unpaired) electrons. The van der Waals surface area contributed by atoms with E-state index in [0.29, 0.717) is 47.7 Å². The molecule has 2 aliphatic rings. The average molecular weight is 463 g/mol. The Labute approximate surface area is 196 Å². The van der Waals surface area contributed by atoms with Crippen molar-refractivity contribution in [2.75, 3.05) is 5.73 Å². The van der Waals surface area contributed by atoms with Crippen LogP contribution in [0, 0.1) is 11.2 Å². The van der Waals surface area contributed by atoms with E-state index in [4.69, 9.17) is 11.1 Å². The minimum Gasteiger partial charge on any atom is -0.505 e. The van der Waals surface area contributed by atoms with Gasteiger partial charge in [0.2, 0.25) is 0 Å². The molecular formula is C25H27FN6O2. The Morgan fingerprint density at radius 3 is 2.76 bits per heavy atom.